The molecule has 0 aliphatic carbocycles. The normalized spacial score (nSPS) is 13.5. The van der Waals surface area contributed by atoms with Crippen molar-refractivity contribution in [3.05, 3.63) is 65.3 Å². The van der Waals surface area contributed by atoms with Crippen LogP contribution >= 0.6 is 23.4 Å². The molecule has 4 aromatic rings. The largest absolute Gasteiger partial charge is 0.346 e. The van der Waals surface area contributed by atoms with Crippen molar-refractivity contribution >= 4 is 46.0 Å². The van der Waals surface area contributed by atoms with Gasteiger partial charge in [0.1, 0.15) is 0 Å². The topological polar surface area (TPSA) is 79.7 Å². The van der Waals surface area contributed by atoms with Gasteiger partial charge in [-0.25, -0.2) is 0 Å². The summed E-state index contributed by atoms with van der Waals surface area (Å²) in [7, 11) is 0. The van der Waals surface area contributed by atoms with Crippen molar-refractivity contribution in [1.82, 2.24) is 19.3 Å². The number of nitriles is 1. The summed E-state index contributed by atoms with van der Waals surface area (Å²) in [6.07, 6.45) is 4.49. The first-order chi connectivity index (χ1) is 16.7. The highest BCUT2D eigenvalue weighted by molar-refractivity contribution is 7.99. The van der Waals surface area contributed by atoms with Crippen LogP contribution in [0.1, 0.15) is 29.6 Å². The van der Waals surface area contributed by atoms with Crippen molar-refractivity contribution in [3.8, 4) is 11.8 Å². The number of halogens is 1. The molecule has 9 heteroatoms. The van der Waals surface area contributed by atoms with Crippen molar-refractivity contribution in [3.63, 3.8) is 0 Å². The summed E-state index contributed by atoms with van der Waals surface area (Å²) in [5, 5.41) is 20.0. The summed E-state index contributed by atoms with van der Waals surface area (Å²) >= 11 is 7.90. The van der Waals surface area contributed by atoms with E-state index in [4.69, 9.17) is 16.9 Å². The van der Waals surface area contributed by atoms with Crippen molar-refractivity contribution in [2.24, 2.45) is 0 Å². The number of hydrogen-bond acceptors (Lipinski definition) is 6. The summed E-state index contributed by atoms with van der Waals surface area (Å²) in [6.45, 7) is 2.40. The van der Waals surface area contributed by atoms with Gasteiger partial charge in [0.15, 0.2) is 10.9 Å². The molecular formula is C25H23ClN6OS. The van der Waals surface area contributed by atoms with Gasteiger partial charge in [-0.2, -0.15) is 5.26 Å². The average molecular weight is 491 g/mol. The number of benzene rings is 2. The van der Waals surface area contributed by atoms with Crippen LogP contribution in [0.3, 0.4) is 0 Å². The van der Waals surface area contributed by atoms with E-state index in [0.717, 1.165) is 48.5 Å². The predicted molar refractivity (Wildman–Crippen MR) is 135 cm³/mol. The summed E-state index contributed by atoms with van der Waals surface area (Å²) in [5.74, 6) is 0.983. The van der Waals surface area contributed by atoms with E-state index in [0.29, 0.717) is 28.7 Å². The van der Waals surface area contributed by atoms with Crippen molar-refractivity contribution < 1.29 is 4.79 Å². The fourth-order valence-corrected chi connectivity index (χ4v) is 5.40. The van der Waals surface area contributed by atoms with Crippen LogP contribution in [0.2, 0.25) is 5.02 Å². The average Bonchev–Trinajstić information content (AvgIpc) is 3.60. The molecule has 0 N–H and O–H groups in total. The lowest BCUT2D eigenvalue weighted by molar-refractivity contribution is 0.102. The fourth-order valence-electron chi connectivity index (χ4n) is 4.35. The maximum absolute atomic E-state index is 13.3. The van der Waals surface area contributed by atoms with Gasteiger partial charge in [0.05, 0.1) is 29.0 Å². The highest BCUT2D eigenvalue weighted by Crippen LogP contribution is 2.32. The zero-order valence-electron chi connectivity index (χ0n) is 18.5. The Hall–Kier alpha value is -3.28. The lowest BCUT2D eigenvalue weighted by Gasteiger charge is -2.19. The first kappa shape index (κ1) is 22.5. The number of fused-ring (bicyclic) bond motifs is 1. The van der Waals surface area contributed by atoms with Gasteiger partial charge in [0.2, 0.25) is 5.95 Å². The number of hydrogen-bond donors (Lipinski definition) is 0. The SMILES string of the molecule is N#CCCn1cc(C(=O)CSc2nnc(N3CCCC3)n2-c2ccccc2Cl)c2ccccc21. The van der Waals surface area contributed by atoms with E-state index in [1.54, 1.807) is 0 Å². The summed E-state index contributed by atoms with van der Waals surface area (Å²) < 4.78 is 3.94. The maximum Gasteiger partial charge on any atom is 0.232 e. The molecule has 2 aromatic carbocycles. The zero-order valence-corrected chi connectivity index (χ0v) is 20.1. The Morgan fingerprint density at radius 3 is 2.65 bits per heavy atom. The third kappa shape index (κ3) is 4.29. The minimum absolute atomic E-state index is 0.00772. The smallest absolute Gasteiger partial charge is 0.232 e. The number of para-hydroxylation sites is 2. The van der Waals surface area contributed by atoms with E-state index < -0.39 is 0 Å². The van der Waals surface area contributed by atoms with Gasteiger partial charge in [-0.15, -0.1) is 10.2 Å². The molecule has 5 rings (SSSR count). The van der Waals surface area contributed by atoms with Crippen LogP contribution in [0.25, 0.3) is 16.6 Å². The van der Waals surface area contributed by atoms with Crippen LogP contribution in [0.15, 0.2) is 59.9 Å². The molecule has 0 saturated carbocycles. The first-order valence-electron chi connectivity index (χ1n) is 11.2. The molecule has 0 amide bonds. The number of carbonyl (C=O) groups excluding carboxylic acids is 1. The molecule has 1 aliphatic heterocycles. The fraction of sp³-hybridized carbons (Fsp3) is 0.280. The highest BCUT2D eigenvalue weighted by Gasteiger charge is 2.24. The van der Waals surface area contributed by atoms with Gasteiger partial charge in [0.25, 0.3) is 0 Å². The van der Waals surface area contributed by atoms with Crippen LogP contribution in [0.5, 0.6) is 0 Å². The summed E-state index contributed by atoms with van der Waals surface area (Å²) in [5.41, 5.74) is 2.42. The van der Waals surface area contributed by atoms with Crippen LogP contribution in [0.4, 0.5) is 5.95 Å². The second-order valence-corrected chi connectivity index (χ2v) is 9.49. The minimum atomic E-state index is 0.00772. The highest BCUT2D eigenvalue weighted by atomic mass is 35.5. The van der Waals surface area contributed by atoms with E-state index in [-0.39, 0.29) is 11.5 Å². The number of Topliss-reactive ketones (excluding diaryl/α,β-unsaturated/α-hetero) is 1. The number of carbonyl (C=O) groups is 1. The second-order valence-electron chi connectivity index (χ2n) is 8.14. The Kier molecular flexibility index (Phi) is 6.57. The Morgan fingerprint density at radius 1 is 1.09 bits per heavy atom. The van der Waals surface area contributed by atoms with E-state index in [2.05, 4.69) is 21.2 Å². The van der Waals surface area contributed by atoms with Gasteiger partial charge in [-0.1, -0.05) is 53.7 Å². The monoisotopic (exact) mass is 490 g/mol. The Morgan fingerprint density at radius 2 is 1.85 bits per heavy atom. The molecule has 0 spiro atoms. The number of thioether (sulfide) groups is 1. The Labute approximate surface area is 206 Å². The standard InChI is InChI=1S/C25H23ClN6OS/c26-20-9-2-4-11-22(20)32-24(30-13-5-6-14-30)28-29-25(32)34-17-23(33)19-16-31(15-7-12-27)21-10-3-1-8-18(19)21/h1-4,8-11,16H,5-7,13-15,17H2. The third-order valence-corrected chi connectivity index (χ3v) is 7.23. The minimum Gasteiger partial charge on any atom is -0.346 e. The molecule has 0 unspecified atom stereocenters. The molecule has 0 atom stereocenters. The molecule has 1 saturated heterocycles. The summed E-state index contributed by atoms with van der Waals surface area (Å²) in [6, 6.07) is 17.6. The van der Waals surface area contributed by atoms with Crippen LogP contribution in [0, 0.1) is 11.3 Å². The number of aromatic nitrogens is 4. The molecule has 0 radical (unpaired) electrons. The van der Waals surface area contributed by atoms with Gasteiger partial charge in [-0.05, 0) is 31.0 Å². The number of aryl methyl sites for hydroxylation is 1. The Bertz CT molecular complexity index is 1380. The van der Waals surface area contributed by atoms with Gasteiger partial charge < -0.3 is 9.47 Å². The maximum atomic E-state index is 13.3. The molecule has 0 bridgehead atoms. The van der Waals surface area contributed by atoms with E-state index in [9.17, 15) is 4.79 Å². The first-order valence-corrected chi connectivity index (χ1v) is 12.6. The molecule has 34 heavy (non-hydrogen) atoms. The Balaban J connectivity index is 1.44. The molecule has 7 nitrogen and oxygen atoms in total. The molecule has 172 valence electrons. The number of nitrogens with zero attached hydrogens (tertiary/aromatic N) is 6. The number of anilines is 1. The molecule has 3 heterocycles. The number of ketones is 1. The van der Waals surface area contributed by atoms with E-state index in [1.807, 2.05) is 63.9 Å². The van der Waals surface area contributed by atoms with Crippen molar-refractivity contribution in [2.75, 3.05) is 23.7 Å². The van der Waals surface area contributed by atoms with Crippen LogP contribution < -0.4 is 4.90 Å². The second kappa shape index (κ2) is 9.92. The lowest BCUT2D eigenvalue weighted by atomic mass is 10.1. The van der Waals surface area contributed by atoms with E-state index >= 15 is 0 Å². The lowest BCUT2D eigenvalue weighted by Crippen LogP contribution is -2.22. The van der Waals surface area contributed by atoms with Crippen LogP contribution in [-0.4, -0.2) is 44.0 Å². The summed E-state index contributed by atoms with van der Waals surface area (Å²) in [4.78, 5) is 15.5. The molecule has 1 aliphatic rings. The molecule has 1 fully saturated rings. The third-order valence-electron chi connectivity index (χ3n) is 5.98. The molecular weight excluding hydrogens is 468 g/mol. The van der Waals surface area contributed by atoms with Crippen LogP contribution in [-0.2, 0) is 6.54 Å². The van der Waals surface area contributed by atoms with Crippen molar-refractivity contribution in [2.45, 2.75) is 31.0 Å². The van der Waals surface area contributed by atoms with E-state index in [1.165, 1.54) is 11.8 Å². The van der Waals surface area contributed by atoms with Gasteiger partial charge in [0, 0.05) is 42.3 Å². The zero-order chi connectivity index (χ0) is 23.5. The predicted octanol–water partition coefficient (Wildman–Crippen LogP) is 5.36. The van der Waals surface area contributed by atoms with Gasteiger partial charge in [-0.3, -0.25) is 9.36 Å². The molecule has 2 aromatic heterocycles. The van der Waals surface area contributed by atoms with Crippen molar-refractivity contribution in [1.29, 1.82) is 5.26 Å². The van der Waals surface area contributed by atoms with Gasteiger partial charge >= 0.3 is 0 Å². The number of rotatable bonds is 8. The quantitative estimate of drug-likeness (QED) is 0.244.